The second kappa shape index (κ2) is 6.97. The molecule has 2 unspecified atom stereocenters. The molecule has 0 bridgehead atoms. The van der Waals surface area contributed by atoms with Crippen molar-refractivity contribution in [1.82, 2.24) is 10.2 Å². The molecule has 2 aliphatic carbocycles. The molecule has 0 spiro atoms. The molecule has 1 saturated heterocycles. The van der Waals surface area contributed by atoms with Gasteiger partial charge in [-0.05, 0) is 37.5 Å². The van der Waals surface area contributed by atoms with Crippen LogP contribution in [0.2, 0.25) is 0 Å². The lowest BCUT2D eigenvalue weighted by molar-refractivity contribution is -0.0640. The number of ether oxygens (including phenoxy) is 1. The van der Waals surface area contributed by atoms with Gasteiger partial charge < -0.3 is 10.1 Å². The molecular formula is C18H34N2O. The lowest BCUT2D eigenvalue weighted by atomic mass is 9.79. The van der Waals surface area contributed by atoms with E-state index in [1.165, 1.54) is 58.0 Å². The molecule has 1 N–H and O–H groups in total. The smallest absolute Gasteiger partial charge is 0.0601 e. The monoisotopic (exact) mass is 294 g/mol. The first-order valence-electron chi connectivity index (χ1n) is 9.21. The Kier molecular flexibility index (Phi) is 5.23. The van der Waals surface area contributed by atoms with Crippen molar-refractivity contribution in [2.45, 2.75) is 83.0 Å². The highest BCUT2D eigenvalue weighted by atomic mass is 16.5. The van der Waals surface area contributed by atoms with E-state index in [1.807, 2.05) is 7.11 Å². The van der Waals surface area contributed by atoms with Crippen molar-refractivity contribution >= 4 is 0 Å². The lowest BCUT2D eigenvalue weighted by Crippen LogP contribution is -2.65. The van der Waals surface area contributed by atoms with Gasteiger partial charge in [-0.15, -0.1) is 0 Å². The zero-order chi connectivity index (χ0) is 14.8. The molecular weight excluding hydrogens is 260 g/mol. The van der Waals surface area contributed by atoms with E-state index >= 15 is 0 Å². The average molecular weight is 294 g/mol. The Bertz CT molecular complexity index is 321. The summed E-state index contributed by atoms with van der Waals surface area (Å²) in [5.41, 5.74) is 0. The summed E-state index contributed by atoms with van der Waals surface area (Å²) in [6, 6.07) is 2.23. The fourth-order valence-electron chi connectivity index (χ4n) is 4.71. The first-order chi connectivity index (χ1) is 10.2. The molecule has 0 aromatic heterocycles. The summed E-state index contributed by atoms with van der Waals surface area (Å²) < 4.78 is 5.50. The summed E-state index contributed by atoms with van der Waals surface area (Å²) >= 11 is 0. The zero-order valence-corrected chi connectivity index (χ0v) is 14.2. The van der Waals surface area contributed by atoms with Crippen molar-refractivity contribution < 1.29 is 4.74 Å². The molecule has 0 radical (unpaired) electrons. The highest BCUT2D eigenvalue weighted by molar-refractivity contribution is 4.98. The van der Waals surface area contributed by atoms with Gasteiger partial charge in [-0.25, -0.2) is 0 Å². The fraction of sp³-hybridized carbons (Fsp3) is 1.00. The molecule has 0 aromatic carbocycles. The first-order valence-corrected chi connectivity index (χ1v) is 9.21. The van der Waals surface area contributed by atoms with Crippen molar-refractivity contribution in [2.24, 2.45) is 11.8 Å². The van der Waals surface area contributed by atoms with Gasteiger partial charge >= 0.3 is 0 Å². The number of nitrogens with one attached hydrogen (secondary N) is 1. The Morgan fingerprint density at radius 3 is 2.43 bits per heavy atom. The fourth-order valence-corrected chi connectivity index (χ4v) is 4.71. The summed E-state index contributed by atoms with van der Waals surface area (Å²) in [5.74, 6) is 1.67. The number of nitrogens with zero attached hydrogens (tertiary/aromatic N) is 1. The van der Waals surface area contributed by atoms with Crippen LogP contribution in [0.25, 0.3) is 0 Å². The summed E-state index contributed by atoms with van der Waals surface area (Å²) in [5, 5.41) is 3.91. The molecule has 3 aliphatic rings. The van der Waals surface area contributed by atoms with Gasteiger partial charge in [0, 0.05) is 38.3 Å². The molecule has 3 nitrogen and oxygen atoms in total. The van der Waals surface area contributed by atoms with E-state index in [0.29, 0.717) is 12.1 Å². The SMILES string of the molecule is COC1CC(N2CC(C3CCCCC3)NCC2C(C)C)C1. The van der Waals surface area contributed by atoms with Crippen molar-refractivity contribution in [2.75, 3.05) is 20.2 Å². The number of rotatable bonds is 4. The first kappa shape index (κ1) is 15.8. The molecule has 2 atom stereocenters. The quantitative estimate of drug-likeness (QED) is 0.862. The van der Waals surface area contributed by atoms with E-state index in [2.05, 4.69) is 24.1 Å². The summed E-state index contributed by atoms with van der Waals surface area (Å²) in [6.07, 6.45) is 10.3. The normalized spacial score (nSPS) is 39.4. The van der Waals surface area contributed by atoms with E-state index in [4.69, 9.17) is 4.74 Å². The van der Waals surface area contributed by atoms with E-state index in [1.54, 1.807) is 0 Å². The maximum absolute atomic E-state index is 5.50. The number of methoxy groups -OCH3 is 1. The van der Waals surface area contributed by atoms with Crippen LogP contribution in [-0.4, -0.2) is 49.3 Å². The van der Waals surface area contributed by atoms with Crippen LogP contribution in [0.5, 0.6) is 0 Å². The molecule has 3 fully saturated rings. The molecule has 21 heavy (non-hydrogen) atoms. The van der Waals surface area contributed by atoms with Crippen LogP contribution in [0.3, 0.4) is 0 Å². The summed E-state index contributed by atoms with van der Waals surface area (Å²) in [4.78, 5) is 2.84. The van der Waals surface area contributed by atoms with Crippen molar-refractivity contribution in [1.29, 1.82) is 0 Å². The van der Waals surface area contributed by atoms with Gasteiger partial charge in [0.25, 0.3) is 0 Å². The number of hydrogen-bond donors (Lipinski definition) is 1. The van der Waals surface area contributed by atoms with Crippen LogP contribution in [-0.2, 0) is 4.74 Å². The van der Waals surface area contributed by atoms with E-state index in [0.717, 1.165) is 23.9 Å². The average Bonchev–Trinajstić information content (AvgIpc) is 2.47. The molecule has 1 heterocycles. The second-order valence-electron chi connectivity index (χ2n) is 7.90. The Morgan fingerprint density at radius 2 is 1.81 bits per heavy atom. The maximum atomic E-state index is 5.50. The Balaban J connectivity index is 1.61. The minimum atomic E-state index is 0.519. The molecule has 1 aliphatic heterocycles. The van der Waals surface area contributed by atoms with Crippen LogP contribution in [0, 0.1) is 11.8 Å². The van der Waals surface area contributed by atoms with Gasteiger partial charge in [0.2, 0.25) is 0 Å². The van der Waals surface area contributed by atoms with E-state index in [9.17, 15) is 0 Å². The molecule has 122 valence electrons. The molecule has 3 rings (SSSR count). The van der Waals surface area contributed by atoms with Crippen molar-refractivity contribution in [3.63, 3.8) is 0 Å². The van der Waals surface area contributed by atoms with Gasteiger partial charge in [0.15, 0.2) is 0 Å². The van der Waals surface area contributed by atoms with Crippen LogP contribution in [0.15, 0.2) is 0 Å². The van der Waals surface area contributed by atoms with E-state index in [-0.39, 0.29) is 0 Å². The highest BCUT2D eigenvalue weighted by Gasteiger charge is 2.42. The van der Waals surface area contributed by atoms with Crippen molar-refractivity contribution in [3.8, 4) is 0 Å². The maximum Gasteiger partial charge on any atom is 0.0601 e. The number of hydrogen-bond acceptors (Lipinski definition) is 3. The van der Waals surface area contributed by atoms with Crippen LogP contribution >= 0.6 is 0 Å². The predicted octanol–water partition coefficient (Wildman–Crippen LogP) is 3.04. The summed E-state index contributed by atoms with van der Waals surface area (Å²) in [6.45, 7) is 7.22. The molecule has 0 amide bonds. The molecule has 0 aromatic rings. The Hall–Kier alpha value is -0.120. The Morgan fingerprint density at radius 1 is 1.10 bits per heavy atom. The topological polar surface area (TPSA) is 24.5 Å². The zero-order valence-electron chi connectivity index (χ0n) is 14.2. The predicted molar refractivity (Wildman–Crippen MR) is 87.5 cm³/mol. The van der Waals surface area contributed by atoms with Gasteiger partial charge in [-0.3, -0.25) is 4.90 Å². The number of piperazine rings is 1. The third kappa shape index (κ3) is 3.46. The van der Waals surface area contributed by atoms with E-state index < -0.39 is 0 Å². The van der Waals surface area contributed by atoms with Crippen LogP contribution in [0.4, 0.5) is 0 Å². The van der Waals surface area contributed by atoms with Gasteiger partial charge in [0.05, 0.1) is 6.10 Å². The Labute approximate surface area is 130 Å². The second-order valence-corrected chi connectivity index (χ2v) is 7.90. The minimum Gasteiger partial charge on any atom is -0.381 e. The third-order valence-electron chi connectivity index (χ3n) is 6.28. The van der Waals surface area contributed by atoms with Crippen molar-refractivity contribution in [3.05, 3.63) is 0 Å². The summed E-state index contributed by atoms with van der Waals surface area (Å²) in [7, 11) is 1.86. The largest absolute Gasteiger partial charge is 0.381 e. The standard InChI is InChI=1S/C18H34N2O/c1-13(2)18-11-19-17(14-7-5-4-6-8-14)12-20(18)15-9-16(10-15)21-3/h13-19H,4-12H2,1-3H3. The third-order valence-corrected chi connectivity index (χ3v) is 6.28. The highest BCUT2D eigenvalue weighted by Crippen LogP contribution is 2.35. The molecule has 3 heteroatoms. The molecule has 2 saturated carbocycles. The lowest BCUT2D eigenvalue weighted by Gasteiger charge is -2.52. The van der Waals surface area contributed by atoms with Gasteiger partial charge in [0.1, 0.15) is 0 Å². The van der Waals surface area contributed by atoms with Gasteiger partial charge in [-0.1, -0.05) is 33.1 Å². The van der Waals surface area contributed by atoms with Crippen LogP contribution < -0.4 is 5.32 Å². The van der Waals surface area contributed by atoms with Crippen LogP contribution in [0.1, 0.15) is 58.8 Å². The van der Waals surface area contributed by atoms with Gasteiger partial charge in [-0.2, -0.15) is 0 Å². The minimum absolute atomic E-state index is 0.519.